The second-order valence-electron chi connectivity index (χ2n) is 3.80. The van der Waals surface area contributed by atoms with Gasteiger partial charge in [-0.05, 0) is 19.1 Å². The first-order valence-corrected chi connectivity index (χ1v) is 5.43. The number of hydrazine groups is 1. The molecule has 0 aliphatic rings. The quantitative estimate of drug-likeness (QED) is 0.466. The largest absolute Gasteiger partial charge is 0.344 e. The minimum absolute atomic E-state index is 0.134. The Bertz CT molecular complexity index is 507. The molecule has 2 aromatic rings. The average Bonchev–Trinajstić information content (AvgIpc) is 2.92. The van der Waals surface area contributed by atoms with Crippen LogP contribution in [0.4, 0.5) is 5.69 Å². The SMILES string of the molecule is CC(NC(=O)c1ccc(NN)cn1)c1cn[nH]c1. The highest BCUT2D eigenvalue weighted by molar-refractivity contribution is 5.92. The summed E-state index contributed by atoms with van der Waals surface area (Å²) in [6.07, 6.45) is 4.90. The number of carbonyl (C=O) groups excluding carboxylic acids is 1. The monoisotopic (exact) mass is 246 g/mol. The molecule has 94 valence electrons. The van der Waals surface area contributed by atoms with Crippen LogP contribution in [-0.2, 0) is 0 Å². The first kappa shape index (κ1) is 12.1. The van der Waals surface area contributed by atoms with Crippen molar-refractivity contribution in [3.8, 4) is 0 Å². The third-order valence-electron chi connectivity index (χ3n) is 2.53. The van der Waals surface area contributed by atoms with Gasteiger partial charge in [-0.15, -0.1) is 0 Å². The molecule has 0 fully saturated rings. The molecule has 0 bridgehead atoms. The number of aromatic nitrogens is 3. The van der Waals surface area contributed by atoms with Gasteiger partial charge < -0.3 is 10.7 Å². The van der Waals surface area contributed by atoms with Gasteiger partial charge in [-0.1, -0.05) is 0 Å². The summed E-state index contributed by atoms with van der Waals surface area (Å²) in [6, 6.07) is 3.15. The van der Waals surface area contributed by atoms with E-state index >= 15 is 0 Å². The molecule has 1 unspecified atom stereocenters. The Morgan fingerprint density at radius 2 is 2.28 bits per heavy atom. The predicted molar refractivity (Wildman–Crippen MR) is 66.5 cm³/mol. The minimum Gasteiger partial charge on any atom is -0.344 e. The first-order chi connectivity index (χ1) is 8.70. The molecule has 2 rings (SSSR count). The maximum absolute atomic E-state index is 11.9. The number of nitrogens with one attached hydrogen (secondary N) is 3. The van der Waals surface area contributed by atoms with E-state index in [0.717, 1.165) is 5.56 Å². The normalized spacial score (nSPS) is 11.9. The number of hydrogen-bond donors (Lipinski definition) is 4. The molecule has 1 atom stereocenters. The number of amides is 1. The van der Waals surface area contributed by atoms with E-state index in [9.17, 15) is 4.79 Å². The summed E-state index contributed by atoms with van der Waals surface area (Å²) in [6.45, 7) is 1.87. The van der Waals surface area contributed by atoms with Gasteiger partial charge in [-0.3, -0.25) is 15.7 Å². The van der Waals surface area contributed by atoms with E-state index in [1.54, 1.807) is 24.5 Å². The molecule has 0 saturated carbocycles. The van der Waals surface area contributed by atoms with Gasteiger partial charge in [0.2, 0.25) is 0 Å². The maximum atomic E-state index is 11.9. The third-order valence-corrected chi connectivity index (χ3v) is 2.53. The molecule has 7 heteroatoms. The summed E-state index contributed by atoms with van der Waals surface area (Å²) >= 11 is 0. The Balaban J connectivity index is 2.03. The fourth-order valence-electron chi connectivity index (χ4n) is 1.47. The van der Waals surface area contributed by atoms with Crippen molar-refractivity contribution in [2.45, 2.75) is 13.0 Å². The van der Waals surface area contributed by atoms with E-state index in [4.69, 9.17) is 5.84 Å². The standard InChI is InChI=1S/C11H14N6O/c1-7(8-4-14-15-5-8)16-11(18)10-3-2-9(17-12)6-13-10/h2-7,17H,12H2,1H3,(H,14,15)(H,16,18). The second kappa shape index (κ2) is 5.28. The van der Waals surface area contributed by atoms with Crippen LogP contribution in [0, 0.1) is 0 Å². The van der Waals surface area contributed by atoms with E-state index in [2.05, 4.69) is 25.9 Å². The van der Waals surface area contributed by atoms with Crippen LogP contribution < -0.4 is 16.6 Å². The van der Waals surface area contributed by atoms with E-state index in [1.807, 2.05) is 6.92 Å². The van der Waals surface area contributed by atoms with E-state index in [-0.39, 0.29) is 11.9 Å². The van der Waals surface area contributed by atoms with Gasteiger partial charge in [-0.2, -0.15) is 5.10 Å². The fourth-order valence-corrected chi connectivity index (χ4v) is 1.47. The van der Waals surface area contributed by atoms with E-state index in [0.29, 0.717) is 11.4 Å². The zero-order valence-corrected chi connectivity index (χ0v) is 9.84. The Morgan fingerprint density at radius 1 is 1.44 bits per heavy atom. The predicted octanol–water partition coefficient (Wildman–Crippen LogP) is 0.581. The number of rotatable bonds is 4. The van der Waals surface area contributed by atoms with Crippen LogP contribution >= 0.6 is 0 Å². The molecule has 0 spiro atoms. The molecule has 0 radical (unpaired) electrons. The lowest BCUT2D eigenvalue weighted by atomic mass is 10.2. The molecule has 0 aromatic carbocycles. The third kappa shape index (κ3) is 2.64. The first-order valence-electron chi connectivity index (χ1n) is 5.43. The van der Waals surface area contributed by atoms with Gasteiger partial charge in [0.05, 0.1) is 24.1 Å². The summed E-state index contributed by atoms with van der Waals surface area (Å²) < 4.78 is 0. The van der Waals surface area contributed by atoms with Crippen molar-refractivity contribution in [1.82, 2.24) is 20.5 Å². The van der Waals surface area contributed by atoms with Crippen LogP contribution in [0.5, 0.6) is 0 Å². The number of H-pyrrole nitrogens is 1. The number of nitrogens with two attached hydrogens (primary N) is 1. The number of carbonyl (C=O) groups is 1. The number of hydrogen-bond acceptors (Lipinski definition) is 5. The molecule has 5 N–H and O–H groups in total. The Labute approximate surface area is 104 Å². The molecule has 18 heavy (non-hydrogen) atoms. The molecular formula is C11H14N6O. The van der Waals surface area contributed by atoms with Crippen molar-refractivity contribution in [3.05, 3.63) is 42.0 Å². The number of nitrogen functional groups attached to an aromatic ring is 1. The molecule has 7 nitrogen and oxygen atoms in total. The zero-order valence-electron chi connectivity index (χ0n) is 9.84. The van der Waals surface area contributed by atoms with Gasteiger partial charge in [0.1, 0.15) is 5.69 Å². The number of nitrogens with zero attached hydrogens (tertiary/aromatic N) is 2. The van der Waals surface area contributed by atoms with E-state index in [1.165, 1.54) is 6.20 Å². The molecule has 1 amide bonds. The van der Waals surface area contributed by atoms with Gasteiger partial charge >= 0.3 is 0 Å². The highest BCUT2D eigenvalue weighted by atomic mass is 16.1. The topological polar surface area (TPSA) is 109 Å². The lowest BCUT2D eigenvalue weighted by Gasteiger charge is -2.11. The van der Waals surface area contributed by atoms with Gasteiger partial charge in [0, 0.05) is 11.8 Å². The summed E-state index contributed by atoms with van der Waals surface area (Å²) in [5.74, 6) is 4.98. The van der Waals surface area contributed by atoms with Crippen LogP contribution in [0.1, 0.15) is 29.0 Å². The lowest BCUT2D eigenvalue weighted by Crippen LogP contribution is -2.27. The molecule has 0 aliphatic heterocycles. The molecule has 0 saturated heterocycles. The summed E-state index contributed by atoms with van der Waals surface area (Å²) in [5, 5.41) is 9.35. The van der Waals surface area contributed by atoms with Crippen molar-refractivity contribution >= 4 is 11.6 Å². The molecule has 0 aliphatic carbocycles. The number of anilines is 1. The zero-order chi connectivity index (χ0) is 13.0. The van der Waals surface area contributed by atoms with Crippen molar-refractivity contribution < 1.29 is 4.79 Å². The Kier molecular flexibility index (Phi) is 3.54. The lowest BCUT2D eigenvalue weighted by molar-refractivity contribution is 0.0935. The van der Waals surface area contributed by atoms with Gasteiger partial charge in [0.25, 0.3) is 5.91 Å². The van der Waals surface area contributed by atoms with Crippen LogP contribution in [0.25, 0.3) is 0 Å². The van der Waals surface area contributed by atoms with Gasteiger partial charge in [0.15, 0.2) is 0 Å². The van der Waals surface area contributed by atoms with Crippen LogP contribution in [0.3, 0.4) is 0 Å². The van der Waals surface area contributed by atoms with Gasteiger partial charge in [-0.25, -0.2) is 4.98 Å². The Morgan fingerprint density at radius 3 is 2.83 bits per heavy atom. The van der Waals surface area contributed by atoms with Crippen LogP contribution in [-0.4, -0.2) is 21.1 Å². The maximum Gasteiger partial charge on any atom is 0.270 e. The smallest absolute Gasteiger partial charge is 0.270 e. The van der Waals surface area contributed by atoms with Crippen molar-refractivity contribution in [3.63, 3.8) is 0 Å². The van der Waals surface area contributed by atoms with Crippen LogP contribution in [0.2, 0.25) is 0 Å². The fraction of sp³-hybridized carbons (Fsp3) is 0.182. The number of pyridine rings is 1. The number of aromatic amines is 1. The molecule has 2 heterocycles. The van der Waals surface area contributed by atoms with Crippen molar-refractivity contribution in [2.24, 2.45) is 5.84 Å². The summed E-state index contributed by atoms with van der Waals surface area (Å²) in [7, 11) is 0. The highest BCUT2D eigenvalue weighted by Gasteiger charge is 2.12. The Hall–Kier alpha value is -2.41. The second-order valence-corrected chi connectivity index (χ2v) is 3.80. The highest BCUT2D eigenvalue weighted by Crippen LogP contribution is 2.10. The summed E-state index contributed by atoms with van der Waals surface area (Å²) in [4.78, 5) is 15.9. The minimum atomic E-state index is -0.243. The van der Waals surface area contributed by atoms with Crippen LogP contribution in [0.15, 0.2) is 30.7 Å². The average molecular weight is 246 g/mol. The summed E-state index contributed by atoms with van der Waals surface area (Å²) in [5.41, 5.74) is 4.34. The van der Waals surface area contributed by atoms with Crippen molar-refractivity contribution in [1.29, 1.82) is 0 Å². The van der Waals surface area contributed by atoms with E-state index < -0.39 is 0 Å². The molecule has 2 aromatic heterocycles. The molecular weight excluding hydrogens is 232 g/mol. The van der Waals surface area contributed by atoms with Crippen molar-refractivity contribution in [2.75, 3.05) is 5.43 Å².